The van der Waals surface area contributed by atoms with E-state index in [1.165, 1.54) is 31.2 Å². The van der Waals surface area contributed by atoms with Crippen LogP contribution >= 0.6 is 0 Å². The first-order valence-corrected chi connectivity index (χ1v) is 12.5. The molecule has 2 aromatic heterocycles. The highest BCUT2D eigenvalue weighted by molar-refractivity contribution is 7.92. The van der Waals surface area contributed by atoms with E-state index in [0.717, 1.165) is 0 Å². The van der Waals surface area contributed by atoms with Crippen molar-refractivity contribution >= 4 is 33.3 Å². The van der Waals surface area contributed by atoms with Crippen LogP contribution < -0.4 is 20.5 Å². The predicted molar refractivity (Wildman–Crippen MR) is 134 cm³/mol. The number of benzene rings is 2. The highest BCUT2D eigenvalue weighted by Gasteiger charge is 2.23. The van der Waals surface area contributed by atoms with Gasteiger partial charge in [-0.2, -0.15) is 5.10 Å². The molecule has 2 aromatic carbocycles. The molecule has 12 heteroatoms. The van der Waals surface area contributed by atoms with Gasteiger partial charge in [0.05, 0.1) is 17.1 Å². The molecular weight excluding hydrogens is 487 g/mol. The van der Waals surface area contributed by atoms with Crippen molar-refractivity contribution in [2.24, 2.45) is 5.73 Å². The van der Waals surface area contributed by atoms with Crippen molar-refractivity contribution in [3.63, 3.8) is 0 Å². The maximum atomic E-state index is 13.3. The number of hydrogen-bond acceptors (Lipinski definition) is 7. The van der Waals surface area contributed by atoms with Crippen molar-refractivity contribution in [1.29, 1.82) is 0 Å². The van der Waals surface area contributed by atoms with Gasteiger partial charge in [0.15, 0.2) is 5.82 Å². The molecule has 1 amide bonds. The van der Waals surface area contributed by atoms with Gasteiger partial charge in [-0.15, -0.1) is 0 Å². The number of nitrogens with one attached hydrogen (secondary N) is 3. The number of aromatic amines is 1. The first-order chi connectivity index (χ1) is 17.3. The summed E-state index contributed by atoms with van der Waals surface area (Å²) < 4.78 is 45.9. The van der Waals surface area contributed by atoms with E-state index in [4.69, 9.17) is 10.5 Å². The molecule has 4 aromatic rings. The zero-order valence-corrected chi connectivity index (χ0v) is 20.0. The van der Waals surface area contributed by atoms with Gasteiger partial charge < -0.3 is 15.8 Å². The van der Waals surface area contributed by atoms with Crippen LogP contribution in [0.3, 0.4) is 0 Å². The van der Waals surface area contributed by atoms with Crippen LogP contribution in [-0.2, 0) is 16.6 Å². The number of sulfonamides is 1. The van der Waals surface area contributed by atoms with Gasteiger partial charge >= 0.3 is 0 Å². The largest absolute Gasteiger partial charge is 0.488 e. The number of rotatable bonds is 10. The van der Waals surface area contributed by atoms with Crippen molar-refractivity contribution in [3.8, 4) is 17.0 Å². The summed E-state index contributed by atoms with van der Waals surface area (Å²) in [6.45, 7) is 1.57. The number of amides is 1. The zero-order valence-electron chi connectivity index (χ0n) is 19.2. The maximum Gasteiger partial charge on any atom is 0.254 e. The molecule has 0 aliphatic heterocycles. The van der Waals surface area contributed by atoms with E-state index in [0.29, 0.717) is 16.9 Å². The number of H-pyrrole nitrogens is 1. The third kappa shape index (κ3) is 5.78. The van der Waals surface area contributed by atoms with Gasteiger partial charge in [-0.25, -0.2) is 17.8 Å². The molecule has 0 saturated heterocycles. The lowest BCUT2D eigenvalue weighted by Gasteiger charge is -2.14. The van der Waals surface area contributed by atoms with Gasteiger partial charge in [0.25, 0.3) is 5.91 Å². The van der Waals surface area contributed by atoms with Crippen LogP contribution in [0.25, 0.3) is 11.3 Å². The van der Waals surface area contributed by atoms with Crippen molar-refractivity contribution in [3.05, 3.63) is 83.8 Å². The SMILES string of the molecule is CCS(=O)(=O)Nc1ccc(-c2[nH]nc(Nc3ccccn3)c2C(N)=O)c(OCc2ccc(F)cc2)c1. The number of primary amides is 1. The minimum Gasteiger partial charge on any atom is -0.488 e. The number of anilines is 3. The van der Waals surface area contributed by atoms with Crippen LogP contribution in [-0.4, -0.2) is 35.3 Å². The number of carbonyl (C=O) groups is 1. The summed E-state index contributed by atoms with van der Waals surface area (Å²) in [4.78, 5) is 16.6. The number of carbonyl (C=O) groups excluding carboxylic acids is 1. The normalized spacial score (nSPS) is 11.2. The molecule has 0 atom stereocenters. The first kappa shape index (κ1) is 24.7. The predicted octanol–water partition coefficient (Wildman–Crippen LogP) is 3.79. The fourth-order valence-corrected chi connectivity index (χ4v) is 3.96. The molecule has 5 N–H and O–H groups in total. The summed E-state index contributed by atoms with van der Waals surface area (Å²) in [6.07, 6.45) is 1.58. The Morgan fingerprint density at radius 3 is 2.58 bits per heavy atom. The number of hydrogen-bond donors (Lipinski definition) is 4. The Kier molecular flexibility index (Phi) is 7.15. The molecule has 36 heavy (non-hydrogen) atoms. The van der Waals surface area contributed by atoms with Gasteiger partial charge in [0.1, 0.15) is 29.6 Å². The molecule has 0 saturated carbocycles. The lowest BCUT2D eigenvalue weighted by Crippen LogP contribution is -2.15. The van der Waals surface area contributed by atoms with Crippen molar-refractivity contribution in [2.45, 2.75) is 13.5 Å². The van der Waals surface area contributed by atoms with Crippen LogP contribution in [0.1, 0.15) is 22.8 Å². The van der Waals surface area contributed by atoms with Gasteiger partial charge in [0, 0.05) is 17.8 Å². The van der Waals surface area contributed by atoms with E-state index < -0.39 is 15.9 Å². The average Bonchev–Trinajstić information content (AvgIpc) is 3.27. The Balaban J connectivity index is 1.74. The Morgan fingerprint density at radius 2 is 1.92 bits per heavy atom. The van der Waals surface area contributed by atoms with Crippen molar-refractivity contribution in [1.82, 2.24) is 15.2 Å². The first-order valence-electron chi connectivity index (χ1n) is 10.8. The number of aromatic nitrogens is 3. The van der Waals surface area contributed by atoms with Gasteiger partial charge in [-0.05, 0) is 48.9 Å². The molecular formula is C24H23FN6O4S. The Morgan fingerprint density at radius 1 is 1.14 bits per heavy atom. The molecule has 186 valence electrons. The van der Waals surface area contributed by atoms with Crippen LogP contribution in [0.4, 0.5) is 21.7 Å². The standard InChI is InChI=1S/C24H23FN6O4S/c1-2-36(33,34)31-17-10-11-18(19(13-17)35-14-15-6-8-16(25)9-7-15)22-21(23(26)32)24(30-29-22)28-20-5-3-4-12-27-20/h3-13,31H,2,14H2,1H3,(H2,26,32)(H2,27,28,29,30). The second kappa shape index (κ2) is 10.4. The fourth-order valence-electron chi connectivity index (χ4n) is 3.33. The van der Waals surface area contributed by atoms with E-state index >= 15 is 0 Å². The van der Waals surface area contributed by atoms with Gasteiger partial charge in [0.2, 0.25) is 10.0 Å². The molecule has 0 spiro atoms. The Labute approximate surface area is 206 Å². The molecule has 2 heterocycles. The summed E-state index contributed by atoms with van der Waals surface area (Å²) >= 11 is 0. The third-order valence-corrected chi connectivity index (χ3v) is 6.44. The molecule has 0 fully saturated rings. The molecule has 0 unspecified atom stereocenters. The highest BCUT2D eigenvalue weighted by atomic mass is 32.2. The number of ether oxygens (including phenoxy) is 1. The Hall–Kier alpha value is -4.45. The van der Waals surface area contributed by atoms with Crippen LogP contribution in [0.5, 0.6) is 5.75 Å². The number of nitrogens with zero attached hydrogens (tertiary/aromatic N) is 2. The van der Waals surface area contributed by atoms with Gasteiger partial charge in [-0.3, -0.25) is 14.6 Å². The topological polar surface area (TPSA) is 152 Å². The van der Waals surface area contributed by atoms with Crippen molar-refractivity contribution in [2.75, 3.05) is 15.8 Å². The quantitative estimate of drug-likeness (QED) is 0.253. The van der Waals surface area contributed by atoms with Gasteiger partial charge in [-0.1, -0.05) is 18.2 Å². The Bertz CT molecular complexity index is 1470. The average molecular weight is 511 g/mol. The second-order valence-corrected chi connectivity index (χ2v) is 9.67. The molecule has 4 rings (SSSR count). The molecule has 0 aliphatic rings. The molecule has 0 bridgehead atoms. The number of nitrogens with two attached hydrogens (primary N) is 1. The number of pyridine rings is 1. The smallest absolute Gasteiger partial charge is 0.254 e. The summed E-state index contributed by atoms with van der Waals surface area (Å²) in [5.74, 6) is -0.391. The van der Waals surface area contributed by atoms with Crippen molar-refractivity contribution < 1.29 is 22.3 Å². The summed E-state index contributed by atoms with van der Waals surface area (Å²) in [5, 5.41) is 9.95. The van der Waals surface area contributed by atoms with E-state index in [9.17, 15) is 17.6 Å². The van der Waals surface area contributed by atoms with Crippen LogP contribution in [0.2, 0.25) is 0 Å². The van der Waals surface area contributed by atoms with E-state index in [1.54, 1.807) is 42.6 Å². The van der Waals surface area contributed by atoms with Crippen LogP contribution in [0, 0.1) is 5.82 Å². The number of halogens is 1. The highest BCUT2D eigenvalue weighted by Crippen LogP contribution is 2.37. The monoisotopic (exact) mass is 510 g/mol. The minimum atomic E-state index is -3.55. The van der Waals surface area contributed by atoms with E-state index in [1.807, 2.05) is 0 Å². The fraction of sp³-hybridized carbons (Fsp3) is 0.125. The van der Waals surface area contributed by atoms with E-state index in [2.05, 4.69) is 25.2 Å². The lowest BCUT2D eigenvalue weighted by atomic mass is 10.0. The molecule has 0 radical (unpaired) electrons. The summed E-state index contributed by atoms with van der Waals surface area (Å²) in [5.41, 5.74) is 7.37. The molecule has 0 aliphatic carbocycles. The minimum absolute atomic E-state index is 0.0519. The molecule has 10 nitrogen and oxygen atoms in total. The van der Waals surface area contributed by atoms with E-state index in [-0.39, 0.29) is 46.7 Å². The second-order valence-electron chi connectivity index (χ2n) is 7.66. The maximum absolute atomic E-state index is 13.3. The lowest BCUT2D eigenvalue weighted by molar-refractivity contribution is 0.100. The summed E-state index contributed by atoms with van der Waals surface area (Å²) in [6, 6.07) is 15.6. The zero-order chi connectivity index (χ0) is 25.7. The summed E-state index contributed by atoms with van der Waals surface area (Å²) in [7, 11) is -3.55. The van der Waals surface area contributed by atoms with Crippen LogP contribution in [0.15, 0.2) is 66.9 Å². The third-order valence-electron chi connectivity index (χ3n) is 5.14.